The Labute approximate surface area is 151 Å². The standard InChI is InChI=1S/C18H22N2O4S/c1-2-24-13-9-7-12(8-10-13)17(22)19-14-5-3-4-6-15(14)20-16(21)11-25-18(20)23/h7-10,14-15H,2-6,11H2,1H3,(H,19,22)/t14-,15-/m0/s1. The molecule has 2 atom stereocenters. The molecule has 2 aliphatic rings. The van der Waals surface area contributed by atoms with Crippen LogP contribution in [0.25, 0.3) is 0 Å². The number of hydrogen-bond donors (Lipinski definition) is 1. The smallest absolute Gasteiger partial charge is 0.289 e. The first kappa shape index (κ1) is 17.8. The SMILES string of the molecule is CCOc1ccc(C(=O)N[C@H]2CCCC[C@@H]2N2C(=O)CSC2=O)cc1. The first-order valence-electron chi connectivity index (χ1n) is 8.62. The molecule has 1 aliphatic heterocycles. The largest absolute Gasteiger partial charge is 0.494 e. The number of ether oxygens (including phenoxy) is 1. The van der Waals surface area contributed by atoms with E-state index in [1.165, 1.54) is 4.90 Å². The van der Waals surface area contributed by atoms with E-state index in [-0.39, 0.29) is 34.9 Å². The average Bonchev–Trinajstić information content (AvgIpc) is 2.95. The quantitative estimate of drug-likeness (QED) is 0.872. The Morgan fingerprint density at radius 3 is 2.60 bits per heavy atom. The van der Waals surface area contributed by atoms with Crippen LogP contribution in [-0.4, -0.2) is 46.4 Å². The molecule has 1 aromatic carbocycles. The third-order valence-electron chi connectivity index (χ3n) is 4.59. The second kappa shape index (κ2) is 7.91. The predicted molar refractivity (Wildman–Crippen MR) is 95.8 cm³/mol. The first-order chi connectivity index (χ1) is 12.1. The number of imide groups is 1. The Morgan fingerprint density at radius 2 is 1.96 bits per heavy atom. The molecule has 3 rings (SSSR count). The second-order valence-corrected chi connectivity index (χ2v) is 7.13. The topological polar surface area (TPSA) is 75.7 Å². The summed E-state index contributed by atoms with van der Waals surface area (Å²) in [5.41, 5.74) is 0.543. The van der Waals surface area contributed by atoms with Crippen molar-refractivity contribution in [2.24, 2.45) is 0 Å². The van der Waals surface area contributed by atoms with Crippen LogP contribution in [0.5, 0.6) is 5.75 Å². The van der Waals surface area contributed by atoms with Crippen molar-refractivity contribution < 1.29 is 19.1 Å². The summed E-state index contributed by atoms with van der Waals surface area (Å²) in [6, 6.07) is 6.54. The molecule has 25 heavy (non-hydrogen) atoms. The summed E-state index contributed by atoms with van der Waals surface area (Å²) in [5, 5.41) is 2.82. The number of carbonyl (C=O) groups is 3. The van der Waals surface area contributed by atoms with E-state index in [0.29, 0.717) is 12.2 Å². The summed E-state index contributed by atoms with van der Waals surface area (Å²) < 4.78 is 5.38. The van der Waals surface area contributed by atoms with Crippen LogP contribution >= 0.6 is 11.8 Å². The highest BCUT2D eigenvalue weighted by Gasteiger charge is 2.41. The lowest BCUT2D eigenvalue weighted by molar-refractivity contribution is -0.127. The maximum atomic E-state index is 12.6. The minimum Gasteiger partial charge on any atom is -0.494 e. The lowest BCUT2D eigenvalue weighted by atomic mass is 9.89. The number of hydrogen-bond acceptors (Lipinski definition) is 5. The number of nitrogens with zero attached hydrogens (tertiary/aromatic N) is 1. The van der Waals surface area contributed by atoms with Crippen molar-refractivity contribution in [3.63, 3.8) is 0 Å². The molecule has 2 fully saturated rings. The van der Waals surface area contributed by atoms with Crippen LogP contribution < -0.4 is 10.1 Å². The van der Waals surface area contributed by atoms with Gasteiger partial charge in [-0.25, -0.2) is 0 Å². The van der Waals surface area contributed by atoms with Crippen molar-refractivity contribution in [1.82, 2.24) is 10.2 Å². The zero-order valence-corrected chi connectivity index (χ0v) is 15.0. The van der Waals surface area contributed by atoms with E-state index in [4.69, 9.17) is 4.74 Å². The molecule has 1 saturated heterocycles. The number of thioether (sulfide) groups is 1. The van der Waals surface area contributed by atoms with Crippen LogP contribution in [0, 0.1) is 0 Å². The van der Waals surface area contributed by atoms with Gasteiger partial charge < -0.3 is 10.1 Å². The minimum absolute atomic E-state index is 0.151. The van der Waals surface area contributed by atoms with Gasteiger partial charge >= 0.3 is 0 Å². The van der Waals surface area contributed by atoms with Gasteiger partial charge in [-0.05, 0) is 44.0 Å². The van der Waals surface area contributed by atoms with Crippen molar-refractivity contribution in [3.8, 4) is 5.75 Å². The Bertz CT molecular complexity index is 646. The van der Waals surface area contributed by atoms with E-state index >= 15 is 0 Å². The van der Waals surface area contributed by atoms with Gasteiger partial charge in [0.25, 0.3) is 11.1 Å². The lowest BCUT2D eigenvalue weighted by Crippen LogP contribution is -2.54. The molecule has 0 bridgehead atoms. The number of benzene rings is 1. The summed E-state index contributed by atoms with van der Waals surface area (Å²) in [6.45, 7) is 2.48. The van der Waals surface area contributed by atoms with Gasteiger partial charge in [-0.15, -0.1) is 0 Å². The summed E-state index contributed by atoms with van der Waals surface area (Å²) in [6.07, 6.45) is 3.46. The Hall–Kier alpha value is -2.02. The van der Waals surface area contributed by atoms with Gasteiger partial charge in [0.2, 0.25) is 5.91 Å². The highest BCUT2D eigenvalue weighted by Crippen LogP contribution is 2.30. The van der Waals surface area contributed by atoms with Crippen molar-refractivity contribution in [2.75, 3.05) is 12.4 Å². The number of rotatable bonds is 5. The fraction of sp³-hybridized carbons (Fsp3) is 0.500. The summed E-state index contributed by atoms with van der Waals surface area (Å²) in [4.78, 5) is 38.0. The molecular weight excluding hydrogens is 340 g/mol. The molecule has 3 amide bonds. The highest BCUT2D eigenvalue weighted by atomic mass is 32.2. The Balaban J connectivity index is 1.69. The van der Waals surface area contributed by atoms with Crippen molar-refractivity contribution in [1.29, 1.82) is 0 Å². The van der Waals surface area contributed by atoms with Crippen LogP contribution in [0.4, 0.5) is 4.79 Å². The third kappa shape index (κ3) is 3.98. The zero-order valence-electron chi connectivity index (χ0n) is 14.2. The van der Waals surface area contributed by atoms with Gasteiger partial charge in [0, 0.05) is 5.56 Å². The highest BCUT2D eigenvalue weighted by molar-refractivity contribution is 8.14. The summed E-state index contributed by atoms with van der Waals surface area (Å²) >= 11 is 1.04. The van der Waals surface area contributed by atoms with Gasteiger partial charge in [0.15, 0.2) is 0 Å². The predicted octanol–water partition coefficient (Wildman–Crippen LogP) is 2.82. The molecule has 6 nitrogen and oxygen atoms in total. The van der Waals surface area contributed by atoms with E-state index in [2.05, 4.69) is 5.32 Å². The lowest BCUT2D eigenvalue weighted by Gasteiger charge is -2.36. The van der Waals surface area contributed by atoms with Gasteiger partial charge in [0.05, 0.1) is 24.4 Å². The summed E-state index contributed by atoms with van der Waals surface area (Å²) in [5.74, 6) is 0.586. The normalized spacial score (nSPS) is 23.6. The molecule has 134 valence electrons. The number of carbonyl (C=O) groups excluding carboxylic acids is 3. The Morgan fingerprint density at radius 1 is 1.24 bits per heavy atom. The number of amides is 3. The van der Waals surface area contributed by atoms with E-state index < -0.39 is 0 Å². The Kier molecular flexibility index (Phi) is 5.63. The maximum absolute atomic E-state index is 12.6. The molecule has 0 spiro atoms. The fourth-order valence-electron chi connectivity index (χ4n) is 3.39. The van der Waals surface area contributed by atoms with Crippen LogP contribution in [0.3, 0.4) is 0 Å². The molecule has 0 unspecified atom stereocenters. The van der Waals surface area contributed by atoms with Crippen molar-refractivity contribution in [2.45, 2.75) is 44.7 Å². The van der Waals surface area contributed by atoms with Crippen molar-refractivity contribution >= 4 is 28.8 Å². The minimum atomic E-state index is -0.240. The third-order valence-corrected chi connectivity index (χ3v) is 5.42. The monoisotopic (exact) mass is 362 g/mol. The van der Waals surface area contributed by atoms with Crippen LogP contribution in [0.1, 0.15) is 43.0 Å². The second-order valence-electron chi connectivity index (χ2n) is 6.21. The zero-order chi connectivity index (χ0) is 17.8. The van der Waals surface area contributed by atoms with E-state index in [9.17, 15) is 14.4 Å². The number of nitrogens with one attached hydrogen (secondary N) is 1. The van der Waals surface area contributed by atoms with E-state index in [1.807, 2.05) is 6.92 Å². The molecule has 1 saturated carbocycles. The molecule has 7 heteroatoms. The maximum Gasteiger partial charge on any atom is 0.289 e. The molecular formula is C18H22N2O4S. The van der Waals surface area contributed by atoms with E-state index in [0.717, 1.165) is 43.2 Å². The molecule has 0 radical (unpaired) electrons. The molecule has 1 aliphatic carbocycles. The van der Waals surface area contributed by atoms with Crippen LogP contribution in [0.15, 0.2) is 24.3 Å². The van der Waals surface area contributed by atoms with Crippen LogP contribution in [0.2, 0.25) is 0 Å². The van der Waals surface area contributed by atoms with Crippen molar-refractivity contribution in [3.05, 3.63) is 29.8 Å². The molecule has 1 aromatic rings. The average molecular weight is 362 g/mol. The van der Waals surface area contributed by atoms with Gasteiger partial charge in [-0.2, -0.15) is 0 Å². The first-order valence-corrected chi connectivity index (χ1v) is 9.61. The van der Waals surface area contributed by atoms with Crippen LogP contribution in [-0.2, 0) is 4.79 Å². The molecule has 0 aromatic heterocycles. The summed E-state index contributed by atoms with van der Waals surface area (Å²) in [7, 11) is 0. The van der Waals surface area contributed by atoms with E-state index in [1.54, 1.807) is 24.3 Å². The van der Waals surface area contributed by atoms with Gasteiger partial charge in [-0.3, -0.25) is 19.3 Å². The van der Waals surface area contributed by atoms with Gasteiger partial charge in [0.1, 0.15) is 5.75 Å². The molecule has 1 heterocycles. The van der Waals surface area contributed by atoms with Gasteiger partial charge in [-0.1, -0.05) is 24.6 Å². The molecule has 1 N–H and O–H groups in total. The fourth-order valence-corrected chi connectivity index (χ4v) is 4.16.